The van der Waals surface area contributed by atoms with Gasteiger partial charge in [-0.3, -0.25) is 0 Å². The number of benzene rings is 1. The number of aromatic nitrogens is 2. The van der Waals surface area contributed by atoms with E-state index >= 15 is 0 Å². The Bertz CT molecular complexity index is 558. The highest BCUT2D eigenvalue weighted by molar-refractivity contribution is 5.78. The van der Waals surface area contributed by atoms with Crippen LogP contribution in [-0.4, -0.2) is 30.2 Å². The average molecular weight is 259 g/mol. The van der Waals surface area contributed by atoms with Crippen molar-refractivity contribution in [3.8, 4) is 17.0 Å². The zero-order valence-corrected chi connectivity index (χ0v) is 10.8. The van der Waals surface area contributed by atoms with Gasteiger partial charge in [0.25, 0.3) is 0 Å². The van der Waals surface area contributed by atoms with Crippen molar-refractivity contribution in [2.24, 2.45) is 5.73 Å². The number of nitrogens with two attached hydrogens (primary N) is 2. The lowest BCUT2D eigenvalue weighted by molar-refractivity contribution is 0.416. The van der Waals surface area contributed by atoms with Crippen LogP contribution in [0.2, 0.25) is 0 Å². The molecule has 0 spiro atoms. The molecule has 1 aromatic heterocycles. The Kier molecular flexibility index (Phi) is 4.15. The first-order valence-electron chi connectivity index (χ1n) is 5.96. The molecule has 100 valence electrons. The molecule has 0 aliphatic carbocycles. The quantitative estimate of drug-likeness (QED) is 0.743. The predicted molar refractivity (Wildman–Crippen MR) is 76.0 cm³/mol. The number of nitrogens with one attached hydrogen (secondary N) is 1. The van der Waals surface area contributed by atoms with E-state index in [0.29, 0.717) is 18.8 Å². The normalized spacial score (nSPS) is 10.2. The van der Waals surface area contributed by atoms with Gasteiger partial charge in [0.1, 0.15) is 11.4 Å². The van der Waals surface area contributed by atoms with Gasteiger partial charge in [-0.1, -0.05) is 12.1 Å². The van der Waals surface area contributed by atoms with Crippen molar-refractivity contribution < 1.29 is 4.74 Å². The van der Waals surface area contributed by atoms with E-state index in [4.69, 9.17) is 16.2 Å². The topological polar surface area (TPSA) is 99.1 Å². The SMILES string of the molecule is COc1ccccc1-c1nc(N)ncc1NCCN. The number of para-hydroxylation sites is 1. The second-order valence-electron chi connectivity index (χ2n) is 3.91. The summed E-state index contributed by atoms with van der Waals surface area (Å²) in [5, 5.41) is 3.18. The Morgan fingerprint density at radius 1 is 1.32 bits per heavy atom. The fourth-order valence-corrected chi connectivity index (χ4v) is 1.78. The summed E-state index contributed by atoms with van der Waals surface area (Å²) in [4.78, 5) is 8.28. The molecule has 0 unspecified atom stereocenters. The molecule has 5 N–H and O–H groups in total. The fourth-order valence-electron chi connectivity index (χ4n) is 1.78. The molecular formula is C13H17N5O. The van der Waals surface area contributed by atoms with Gasteiger partial charge in [-0.2, -0.15) is 0 Å². The van der Waals surface area contributed by atoms with E-state index in [2.05, 4.69) is 15.3 Å². The number of rotatable bonds is 5. The van der Waals surface area contributed by atoms with Crippen LogP contribution in [0.5, 0.6) is 5.75 Å². The maximum Gasteiger partial charge on any atom is 0.220 e. The molecule has 19 heavy (non-hydrogen) atoms. The molecule has 0 radical (unpaired) electrons. The smallest absolute Gasteiger partial charge is 0.220 e. The molecule has 0 amide bonds. The maximum atomic E-state index is 5.67. The number of methoxy groups -OCH3 is 1. The lowest BCUT2D eigenvalue weighted by Gasteiger charge is -2.13. The highest BCUT2D eigenvalue weighted by Gasteiger charge is 2.12. The zero-order valence-electron chi connectivity index (χ0n) is 10.8. The summed E-state index contributed by atoms with van der Waals surface area (Å²) in [5.74, 6) is 0.954. The Morgan fingerprint density at radius 3 is 2.84 bits per heavy atom. The molecular weight excluding hydrogens is 242 g/mol. The van der Waals surface area contributed by atoms with Crippen molar-refractivity contribution in [1.29, 1.82) is 0 Å². The third-order valence-corrected chi connectivity index (χ3v) is 2.63. The van der Waals surface area contributed by atoms with Gasteiger partial charge >= 0.3 is 0 Å². The minimum atomic E-state index is 0.221. The highest BCUT2D eigenvalue weighted by atomic mass is 16.5. The summed E-state index contributed by atoms with van der Waals surface area (Å²) in [7, 11) is 1.62. The summed E-state index contributed by atoms with van der Waals surface area (Å²) in [6, 6.07) is 7.62. The van der Waals surface area contributed by atoms with E-state index in [1.807, 2.05) is 24.3 Å². The molecule has 0 aliphatic rings. The number of hydrogen-bond donors (Lipinski definition) is 3. The van der Waals surface area contributed by atoms with Gasteiger partial charge < -0.3 is 21.5 Å². The average Bonchev–Trinajstić information content (AvgIpc) is 2.46. The molecule has 0 bridgehead atoms. The van der Waals surface area contributed by atoms with Crippen molar-refractivity contribution >= 4 is 11.6 Å². The van der Waals surface area contributed by atoms with E-state index in [9.17, 15) is 0 Å². The lowest BCUT2D eigenvalue weighted by Crippen LogP contribution is -2.14. The fraction of sp³-hybridized carbons (Fsp3) is 0.231. The van der Waals surface area contributed by atoms with Gasteiger partial charge in [0.2, 0.25) is 5.95 Å². The number of nitrogens with zero attached hydrogens (tertiary/aromatic N) is 2. The predicted octanol–water partition coefficient (Wildman–Crippen LogP) is 1.10. The van der Waals surface area contributed by atoms with Gasteiger partial charge in [0, 0.05) is 18.7 Å². The van der Waals surface area contributed by atoms with Crippen molar-refractivity contribution in [2.75, 3.05) is 31.2 Å². The van der Waals surface area contributed by atoms with Crippen LogP contribution in [0.1, 0.15) is 0 Å². The number of nitrogen functional groups attached to an aromatic ring is 1. The van der Waals surface area contributed by atoms with Crippen LogP contribution in [0.25, 0.3) is 11.3 Å². The van der Waals surface area contributed by atoms with Gasteiger partial charge in [-0.05, 0) is 12.1 Å². The van der Waals surface area contributed by atoms with Crippen LogP contribution in [-0.2, 0) is 0 Å². The molecule has 0 saturated carbocycles. The molecule has 1 heterocycles. The van der Waals surface area contributed by atoms with Crippen molar-refractivity contribution in [3.63, 3.8) is 0 Å². The molecule has 1 aromatic carbocycles. The Morgan fingerprint density at radius 2 is 2.11 bits per heavy atom. The van der Waals surface area contributed by atoms with Gasteiger partial charge in [-0.15, -0.1) is 0 Å². The molecule has 2 aromatic rings. The third kappa shape index (κ3) is 2.92. The molecule has 0 saturated heterocycles. The number of anilines is 2. The summed E-state index contributed by atoms with van der Waals surface area (Å²) < 4.78 is 5.35. The van der Waals surface area contributed by atoms with E-state index in [0.717, 1.165) is 17.0 Å². The molecule has 0 atom stereocenters. The second kappa shape index (κ2) is 6.01. The highest BCUT2D eigenvalue weighted by Crippen LogP contribution is 2.33. The van der Waals surface area contributed by atoms with Crippen molar-refractivity contribution in [3.05, 3.63) is 30.5 Å². The van der Waals surface area contributed by atoms with Gasteiger partial charge in [0.15, 0.2) is 0 Å². The third-order valence-electron chi connectivity index (χ3n) is 2.63. The maximum absolute atomic E-state index is 5.67. The second-order valence-corrected chi connectivity index (χ2v) is 3.91. The zero-order chi connectivity index (χ0) is 13.7. The molecule has 6 heteroatoms. The Labute approximate surface area is 111 Å². The monoisotopic (exact) mass is 259 g/mol. The first-order chi connectivity index (χ1) is 9.26. The number of ether oxygens (including phenoxy) is 1. The lowest BCUT2D eigenvalue weighted by atomic mass is 10.1. The van der Waals surface area contributed by atoms with Crippen molar-refractivity contribution in [1.82, 2.24) is 9.97 Å². The van der Waals surface area contributed by atoms with Crippen LogP contribution in [0.15, 0.2) is 30.5 Å². The van der Waals surface area contributed by atoms with Gasteiger partial charge in [-0.25, -0.2) is 9.97 Å². The van der Waals surface area contributed by atoms with Crippen LogP contribution >= 0.6 is 0 Å². The molecule has 6 nitrogen and oxygen atoms in total. The number of hydrogen-bond acceptors (Lipinski definition) is 6. The van der Waals surface area contributed by atoms with E-state index in [1.54, 1.807) is 13.3 Å². The summed E-state index contributed by atoms with van der Waals surface area (Å²) in [6.07, 6.45) is 1.65. The Balaban J connectivity index is 2.49. The summed E-state index contributed by atoms with van der Waals surface area (Å²) >= 11 is 0. The molecule has 0 fully saturated rings. The standard InChI is InChI=1S/C13H17N5O/c1-19-11-5-3-2-4-9(11)12-10(16-7-6-14)8-17-13(15)18-12/h2-5,8,16H,6-7,14H2,1H3,(H2,15,17,18). The van der Waals surface area contributed by atoms with E-state index in [1.165, 1.54) is 0 Å². The minimum absolute atomic E-state index is 0.221. The van der Waals surface area contributed by atoms with Crippen LogP contribution in [0, 0.1) is 0 Å². The summed E-state index contributed by atoms with van der Waals surface area (Å²) in [5.41, 5.74) is 13.5. The Hall–Kier alpha value is -2.34. The van der Waals surface area contributed by atoms with Crippen LogP contribution in [0.3, 0.4) is 0 Å². The van der Waals surface area contributed by atoms with Crippen LogP contribution in [0.4, 0.5) is 11.6 Å². The van der Waals surface area contributed by atoms with Gasteiger partial charge in [0.05, 0.1) is 19.0 Å². The first-order valence-corrected chi connectivity index (χ1v) is 5.96. The van der Waals surface area contributed by atoms with E-state index < -0.39 is 0 Å². The largest absolute Gasteiger partial charge is 0.496 e. The molecule has 2 rings (SSSR count). The van der Waals surface area contributed by atoms with Crippen molar-refractivity contribution in [2.45, 2.75) is 0 Å². The first kappa shape index (κ1) is 13.1. The van der Waals surface area contributed by atoms with Crippen LogP contribution < -0.4 is 21.5 Å². The molecule has 0 aliphatic heterocycles. The van der Waals surface area contributed by atoms with E-state index in [-0.39, 0.29) is 5.95 Å². The minimum Gasteiger partial charge on any atom is -0.496 e. The summed E-state index contributed by atoms with van der Waals surface area (Å²) in [6.45, 7) is 1.16.